The molecule has 3 aromatic rings. The predicted octanol–water partition coefficient (Wildman–Crippen LogP) is 4.01. The molecule has 6 nitrogen and oxygen atoms in total. The number of thioether (sulfide) groups is 1. The Morgan fingerprint density at radius 2 is 2.00 bits per heavy atom. The molecule has 3 rings (SSSR count). The first-order valence-corrected chi connectivity index (χ1v) is 9.46. The van der Waals surface area contributed by atoms with E-state index in [1.165, 1.54) is 17.8 Å². The van der Waals surface area contributed by atoms with Crippen LogP contribution < -0.4 is 10.1 Å². The number of methoxy groups -OCH3 is 1. The minimum absolute atomic E-state index is 0.137. The summed E-state index contributed by atoms with van der Waals surface area (Å²) in [5.41, 5.74) is 1.03. The molecule has 1 heterocycles. The van der Waals surface area contributed by atoms with Crippen LogP contribution >= 0.6 is 11.8 Å². The van der Waals surface area contributed by atoms with E-state index in [2.05, 4.69) is 22.1 Å². The van der Waals surface area contributed by atoms with Crippen LogP contribution in [-0.2, 0) is 11.3 Å². The van der Waals surface area contributed by atoms with Crippen molar-refractivity contribution in [3.05, 3.63) is 67.0 Å². The van der Waals surface area contributed by atoms with E-state index >= 15 is 0 Å². The molecule has 0 saturated heterocycles. The molecular weight excluding hydrogens is 379 g/mol. The fourth-order valence-electron chi connectivity index (χ4n) is 2.53. The van der Waals surface area contributed by atoms with Gasteiger partial charge in [0.05, 0.1) is 18.4 Å². The maximum Gasteiger partial charge on any atom is 0.234 e. The van der Waals surface area contributed by atoms with Gasteiger partial charge >= 0.3 is 0 Å². The Labute approximate surface area is 166 Å². The monoisotopic (exact) mass is 398 g/mol. The van der Waals surface area contributed by atoms with Gasteiger partial charge in [0.25, 0.3) is 0 Å². The van der Waals surface area contributed by atoms with Gasteiger partial charge < -0.3 is 10.1 Å². The van der Waals surface area contributed by atoms with Crippen molar-refractivity contribution in [2.45, 2.75) is 11.7 Å². The number of hydrogen-bond donors (Lipinski definition) is 1. The van der Waals surface area contributed by atoms with Crippen molar-refractivity contribution in [1.82, 2.24) is 14.8 Å². The minimum Gasteiger partial charge on any atom is -0.497 e. The fourth-order valence-corrected chi connectivity index (χ4v) is 3.28. The van der Waals surface area contributed by atoms with Gasteiger partial charge in [0.1, 0.15) is 11.6 Å². The van der Waals surface area contributed by atoms with Crippen LogP contribution in [-0.4, -0.2) is 33.5 Å². The third-order valence-corrected chi connectivity index (χ3v) is 4.82. The van der Waals surface area contributed by atoms with Crippen LogP contribution in [0.25, 0.3) is 11.4 Å². The number of halogens is 1. The van der Waals surface area contributed by atoms with Crippen LogP contribution in [0.15, 0.2) is 66.3 Å². The second kappa shape index (κ2) is 9.18. The predicted molar refractivity (Wildman–Crippen MR) is 108 cm³/mol. The lowest BCUT2D eigenvalue weighted by molar-refractivity contribution is -0.113. The van der Waals surface area contributed by atoms with Crippen LogP contribution in [0.1, 0.15) is 0 Å². The fraction of sp³-hybridized carbons (Fsp3) is 0.150. The summed E-state index contributed by atoms with van der Waals surface area (Å²) in [6, 6.07) is 13.4. The number of nitrogens with zero attached hydrogens (tertiary/aromatic N) is 3. The van der Waals surface area contributed by atoms with E-state index in [0.29, 0.717) is 34.5 Å². The number of amides is 1. The van der Waals surface area contributed by atoms with Gasteiger partial charge in [-0.2, -0.15) is 0 Å². The number of anilines is 1. The largest absolute Gasteiger partial charge is 0.497 e. The molecule has 28 heavy (non-hydrogen) atoms. The zero-order valence-corrected chi connectivity index (χ0v) is 16.1. The summed E-state index contributed by atoms with van der Waals surface area (Å²) < 4.78 is 21.0. The molecule has 0 atom stereocenters. The second-order valence-electron chi connectivity index (χ2n) is 5.75. The number of nitrogens with one attached hydrogen (secondary N) is 1. The quantitative estimate of drug-likeness (QED) is 0.459. The highest BCUT2D eigenvalue weighted by Gasteiger charge is 2.17. The van der Waals surface area contributed by atoms with E-state index in [1.807, 2.05) is 0 Å². The Bertz CT molecular complexity index is 973. The van der Waals surface area contributed by atoms with Gasteiger partial charge in [-0.3, -0.25) is 9.36 Å². The summed E-state index contributed by atoms with van der Waals surface area (Å²) in [6.45, 7) is 4.13. The third kappa shape index (κ3) is 4.58. The van der Waals surface area contributed by atoms with Gasteiger partial charge in [-0.1, -0.05) is 30.0 Å². The number of carbonyl (C=O) groups is 1. The molecule has 0 fully saturated rings. The van der Waals surface area contributed by atoms with Crippen LogP contribution in [0.4, 0.5) is 10.1 Å². The summed E-state index contributed by atoms with van der Waals surface area (Å²) in [5.74, 6) is 0.685. The van der Waals surface area contributed by atoms with Crippen LogP contribution in [0.2, 0.25) is 0 Å². The molecule has 0 aliphatic heterocycles. The lowest BCUT2D eigenvalue weighted by Crippen LogP contribution is -2.14. The molecule has 0 unspecified atom stereocenters. The maximum absolute atomic E-state index is 14.1. The van der Waals surface area contributed by atoms with Crippen molar-refractivity contribution in [3.63, 3.8) is 0 Å². The lowest BCUT2D eigenvalue weighted by Gasteiger charge is -2.09. The van der Waals surface area contributed by atoms with Crippen molar-refractivity contribution in [3.8, 4) is 17.1 Å². The van der Waals surface area contributed by atoms with E-state index in [-0.39, 0.29) is 17.5 Å². The number of rotatable bonds is 8. The molecule has 0 aliphatic rings. The van der Waals surface area contributed by atoms with E-state index in [4.69, 9.17) is 4.74 Å². The van der Waals surface area contributed by atoms with Crippen molar-refractivity contribution < 1.29 is 13.9 Å². The van der Waals surface area contributed by atoms with Gasteiger partial charge in [0.2, 0.25) is 5.91 Å². The number of ether oxygens (including phenoxy) is 1. The normalized spacial score (nSPS) is 10.5. The van der Waals surface area contributed by atoms with Gasteiger partial charge in [-0.25, -0.2) is 4.39 Å². The smallest absolute Gasteiger partial charge is 0.234 e. The molecule has 1 N–H and O–H groups in total. The van der Waals surface area contributed by atoms with E-state index in [0.717, 1.165) is 0 Å². The topological polar surface area (TPSA) is 69.0 Å². The summed E-state index contributed by atoms with van der Waals surface area (Å²) in [4.78, 5) is 12.2. The molecule has 0 spiro atoms. The average molecular weight is 398 g/mol. The zero-order valence-electron chi connectivity index (χ0n) is 15.3. The first kappa shape index (κ1) is 19.6. The zero-order chi connectivity index (χ0) is 19.9. The van der Waals surface area contributed by atoms with Gasteiger partial charge in [0.15, 0.2) is 11.0 Å². The highest BCUT2D eigenvalue weighted by molar-refractivity contribution is 7.99. The number of carbonyl (C=O) groups excluding carboxylic acids is 1. The standard InChI is InChI=1S/C20H19FN4O2S/c1-3-12-25-19(16-6-4-5-7-17(16)21)23-24-20(25)28-13-18(26)22-14-8-10-15(27-2)11-9-14/h3-11H,1,12-13H2,2H3,(H,22,26). The average Bonchev–Trinajstić information content (AvgIpc) is 3.10. The SMILES string of the molecule is C=CCn1c(SCC(=O)Nc2ccc(OC)cc2)nnc1-c1ccccc1F. The maximum atomic E-state index is 14.1. The van der Waals surface area contributed by atoms with Gasteiger partial charge in [0, 0.05) is 12.2 Å². The first-order chi connectivity index (χ1) is 13.6. The second-order valence-corrected chi connectivity index (χ2v) is 6.69. The Morgan fingerprint density at radius 1 is 1.25 bits per heavy atom. The van der Waals surface area contributed by atoms with Crippen LogP contribution in [0.5, 0.6) is 5.75 Å². The number of benzene rings is 2. The molecule has 0 saturated carbocycles. The van der Waals surface area contributed by atoms with E-state index in [1.54, 1.807) is 60.2 Å². The molecule has 1 aromatic heterocycles. The highest BCUT2D eigenvalue weighted by Crippen LogP contribution is 2.26. The number of aromatic nitrogens is 3. The molecule has 0 radical (unpaired) electrons. The summed E-state index contributed by atoms with van der Waals surface area (Å²) >= 11 is 1.23. The van der Waals surface area contributed by atoms with Crippen molar-refractivity contribution in [2.75, 3.05) is 18.2 Å². The molecule has 144 valence electrons. The Kier molecular flexibility index (Phi) is 6.44. The Morgan fingerprint density at radius 3 is 2.68 bits per heavy atom. The van der Waals surface area contributed by atoms with Gasteiger partial charge in [-0.05, 0) is 36.4 Å². The van der Waals surface area contributed by atoms with Gasteiger partial charge in [-0.15, -0.1) is 16.8 Å². The Hall–Kier alpha value is -3.13. The molecule has 0 aliphatic carbocycles. The minimum atomic E-state index is -0.381. The third-order valence-electron chi connectivity index (χ3n) is 3.85. The molecule has 2 aromatic carbocycles. The van der Waals surface area contributed by atoms with Crippen LogP contribution in [0, 0.1) is 5.82 Å². The summed E-state index contributed by atoms with van der Waals surface area (Å²) in [6.07, 6.45) is 1.68. The van der Waals surface area contributed by atoms with E-state index < -0.39 is 0 Å². The first-order valence-electron chi connectivity index (χ1n) is 8.48. The summed E-state index contributed by atoms with van der Waals surface area (Å²) in [5, 5.41) is 11.6. The number of allylic oxidation sites excluding steroid dienone is 1. The van der Waals surface area contributed by atoms with Crippen LogP contribution in [0.3, 0.4) is 0 Å². The van der Waals surface area contributed by atoms with E-state index in [9.17, 15) is 9.18 Å². The van der Waals surface area contributed by atoms with Crippen molar-refractivity contribution in [1.29, 1.82) is 0 Å². The molecular formula is C20H19FN4O2S. The summed E-state index contributed by atoms with van der Waals surface area (Å²) in [7, 11) is 1.58. The molecule has 0 bridgehead atoms. The lowest BCUT2D eigenvalue weighted by atomic mass is 10.2. The van der Waals surface area contributed by atoms with Crippen molar-refractivity contribution >= 4 is 23.4 Å². The Balaban J connectivity index is 1.70. The highest BCUT2D eigenvalue weighted by atomic mass is 32.2. The molecule has 1 amide bonds. The number of hydrogen-bond acceptors (Lipinski definition) is 5. The van der Waals surface area contributed by atoms with Crippen molar-refractivity contribution in [2.24, 2.45) is 0 Å². The molecule has 8 heteroatoms.